The van der Waals surface area contributed by atoms with Crippen molar-refractivity contribution in [3.05, 3.63) is 46.6 Å². The number of aromatic nitrogens is 1. The average molecular weight is 450 g/mol. The van der Waals surface area contributed by atoms with Crippen LogP contribution in [0.2, 0.25) is 0 Å². The van der Waals surface area contributed by atoms with Crippen molar-refractivity contribution in [3.8, 4) is 10.4 Å². The van der Waals surface area contributed by atoms with E-state index in [-0.39, 0.29) is 25.9 Å². The zero-order chi connectivity index (χ0) is 22.8. The summed E-state index contributed by atoms with van der Waals surface area (Å²) < 4.78 is 39.3. The molecule has 168 valence electrons. The molecule has 0 bridgehead atoms. The van der Waals surface area contributed by atoms with Crippen LogP contribution in [0.5, 0.6) is 0 Å². The molecule has 2 aromatic heterocycles. The molecule has 0 radical (unpaired) electrons. The topological polar surface area (TPSA) is 48.4 Å². The highest BCUT2D eigenvalue weighted by Crippen LogP contribution is 2.48. The van der Waals surface area contributed by atoms with Gasteiger partial charge in [0.05, 0.1) is 12.2 Å². The molecule has 0 N–H and O–H groups in total. The minimum Gasteiger partial charge on any atom is -0.464 e. The molecule has 2 aromatic rings. The number of carbonyl (C=O) groups excluding carboxylic acids is 1. The molecule has 0 saturated heterocycles. The third-order valence-electron chi connectivity index (χ3n) is 5.04. The number of allylic oxidation sites excluding steroid dienone is 2. The number of aryl methyl sites for hydroxylation is 1. The minimum atomic E-state index is -2.70. The Morgan fingerprint density at radius 2 is 1.97 bits per heavy atom. The molecule has 31 heavy (non-hydrogen) atoms. The number of hydrogen-bond acceptors (Lipinski definition) is 5. The summed E-state index contributed by atoms with van der Waals surface area (Å²) in [5.41, 5.74) is 2.67. The van der Waals surface area contributed by atoms with Crippen LogP contribution < -0.4 is 0 Å². The van der Waals surface area contributed by atoms with E-state index in [1.165, 1.54) is 11.3 Å². The van der Waals surface area contributed by atoms with Crippen LogP contribution in [0, 0.1) is 6.92 Å². The zero-order valence-corrected chi connectivity index (χ0v) is 19.4. The van der Waals surface area contributed by atoms with Gasteiger partial charge in [-0.3, -0.25) is 4.98 Å². The number of rotatable bonds is 6. The largest absolute Gasteiger partial charge is 0.464 e. The maximum Gasteiger partial charge on any atom is 0.340 e. The van der Waals surface area contributed by atoms with Gasteiger partial charge in [0.2, 0.25) is 0 Å². The van der Waals surface area contributed by atoms with Gasteiger partial charge in [-0.25, -0.2) is 13.6 Å². The number of hydrogen-bond donors (Lipinski definition) is 0. The summed E-state index contributed by atoms with van der Waals surface area (Å²) >= 11 is 1.53. The third kappa shape index (κ3) is 5.57. The summed E-state index contributed by atoms with van der Waals surface area (Å²) in [5.74, 6) is -3.17. The van der Waals surface area contributed by atoms with Crippen molar-refractivity contribution in [3.63, 3.8) is 0 Å². The van der Waals surface area contributed by atoms with Gasteiger partial charge in [0.1, 0.15) is 0 Å². The smallest absolute Gasteiger partial charge is 0.340 e. The first-order valence-electron chi connectivity index (χ1n) is 10.5. The molecular formula is C24H29F2NO3S. The molecule has 0 fully saturated rings. The second-order valence-electron chi connectivity index (χ2n) is 8.66. The molecule has 4 nitrogen and oxygen atoms in total. The summed E-state index contributed by atoms with van der Waals surface area (Å²) in [5, 5.41) is 0. The van der Waals surface area contributed by atoms with E-state index >= 15 is 0 Å². The molecule has 0 saturated carbocycles. The Labute approximate surface area is 186 Å². The lowest BCUT2D eigenvalue weighted by Crippen LogP contribution is -2.29. The lowest BCUT2D eigenvalue weighted by atomic mass is 9.86. The highest BCUT2D eigenvalue weighted by molar-refractivity contribution is 7.16. The Balaban J connectivity index is 2.22. The first-order valence-corrected chi connectivity index (χ1v) is 11.3. The monoisotopic (exact) mass is 449 g/mol. The first kappa shape index (κ1) is 23.5. The second kappa shape index (κ2) is 9.17. The van der Waals surface area contributed by atoms with Gasteiger partial charge >= 0.3 is 5.97 Å². The molecule has 2 heterocycles. The van der Waals surface area contributed by atoms with Crippen molar-refractivity contribution in [2.75, 3.05) is 6.61 Å². The standard InChI is InChI=1S/C24H29F2NO3S/c1-6-29-22(28)20(30-23(3,4)5)18-15(2)31-21(17-9-13-27-14-10-17)19(18)16-7-11-24(25,26)12-8-16/h7,9-10,13-14,20H,6,8,11-12H2,1-5H3. The fourth-order valence-corrected chi connectivity index (χ4v) is 4.94. The number of thiophene rings is 1. The van der Waals surface area contributed by atoms with Crippen LogP contribution in [0.15, 0.2) is 30.6 Å². The molecule has 3 rings (SSSR count). The molecule has 0 aromatic carbocycles. The number of halogens is 2. The Morgan fingerprint density at radius 3 is 2.52 bits per heavy atom. The van der Waals surface area contributed by atoms with Crippen molar-refractivity contribution in [1.82, 2.24) is 4.98 Å². The van der Waals surface area contributed by atoms with E-state index in [0.717, 1.165) is 26.5 Å². The van der Waals surface area contributed by atoms with Crippen LogP contribution in [-0.4, -0.2) is 29.1 Å². The van der Waals surface area contributed by atoms with Gasteiger partial charge in [0, 0.05) is 46.1 Å². The van der Waals surface area contributed by atoms with E-state index in [2.05, 4.69) is 4.98 Å². The van der Waals surface area contributed by atoms with Gasteiger partial charge in [-0.1, -0.05) is 6.08 Å². The van der Waals surface area contributed by atoms with E-state index in [9.17, 15) is 13.6 Å². The Bertz CT molecular complexity index is 961. The van der Waals surface area contributed by atoms with Crippen LogP contribution in [-0.2, 0) is 14.3 Å². The van der Waals surface area contributed by atoms with Crippen molar-refractivity contribution >= 4 is 22.9 Å². The molecule has 7 heteroatoms. The van der Waals surface area contributed by atoms with E-state index in [1.54, 1.807) is 25.4 Å². The van der Waals surface area contributed by atoms with Crippen LogP contribution in [0.4, 0.5) is 8.78 Å². The Kier molecular flexibility index (Phi) is 6.96. The highest BCUT2D eigenvalue weighted by Gasteiger charge is 2.37. The van der Waals surface area contributed by atoms with Crippen LogP contribution in [0.1, 0.15) is 69.1 Å². The normalized spacial score (nSPS) is 17.2. The van der Waals surface area contributed by atoms with E-state index in [4.69, 9.17) is 9.47 Å². The van der Waals surface area contributed by atoms with Crippen molar-refractivity contribution in [2.24, 2.45) is 0 Å². The Morgan fingerprint density at radius 1 is 1.29 bits per heavy atom. The van der Waals surface area contributed by atoms with Crippen LogP contribution >= 0.6 is 11.3 Å². The second-order valence-corrected chi connectivity index (χ2v) is 9.89. The van der Waals surface area contributed by atoms with E-state index in [1.807, 2.05) is 39.8 Å². The molecular weight excluding hydrogens is 420 g/mol. The van der Waals surface area contributed by atoms with Gasteiger partial charge in [-0.2, -0.15) is 0 Å². The van der Waals surface area contributed by atoms with E-state index < -0.39 is 23.6 Å². The van der Waals surface area contributed by atoms with Crippen LogP contribution in [0.3, 0.4) is 0 Å². The molecule has 0 amide bonds. The summed E-state index contributed by atoms with van der Waals surface area (Å²) in [7, 11) is 0. The first-order chi connectivity index (χ1) is 14.5. The fraction of sp³-hybridized carbons (Fsp3) is 0.500. The lowest BCUT2D eigenvalue weighted by molar-refractivity contribution is -0.166. The molecule has 0 aliphatic heterocycles. The summed E-state index contributed by atoms with van der Waals surface area (Å²) in [4.78, 5) is 18.9. The Hall–Kier alpha value is -2.12. The molecule has 0 spiro atoms. The van der Waals surface area contributed by atoms with Gasteiger partial charge in [0.25, 0.3) is 5.92 Å². The quantitative estimate of drug-likeness (QED) is 0.458. The van der Waals surface area contributed by atoms with Crippen LogP contribution in [0.25, 0.3) is 16.0 Å². The maximum absolute atomic E-state index is 13.9. The predicted molar refractivity (Wildman–Crippen MR) is 119 cm³/mol. The number of esters is 1. The average Bonchev–Trinajstić information content (AvgIpc) is 3.03. The highest BCUT2D eigenvalue weighted by atomic mass is 32.1. The molecule has 1 aliphatic rings. The number of pyridine rings is 1. The van der Waals surface area contributed by atoms with Crippen molar-refractivity contribution in [1.29, 1.82) is 0 Å². The maximum atomic E-state index is 13.9. The number of alkyl halides is 2. The van der Waals surface area contributed by atoms with Gasteiger partial charge in [-0.15, -0.1) is 11.3 Å². The van der Waals surface area contributed by atoms with Crippen molar-refractivity contribution < 1.29 is 23.0 Å². The number of ether oxygens (including phenoxy) is 2. The molecule has 1 unspecified atom stereocenters. The third-order valence-corrected chi connectivity index (χ3v) is 6.21. The number of carbonyl (C=O) groups is 1. The number of nitrogens with zero attached hydrogens (tertiary/aromatic N) is 1. The summed E-state index contributed by atoms with van der Waals surface area (Å²) in [6, 6.07) is 3.78. The van der Waals surface area contributed by atoms with Gasteiger partial charge in [0.15, 0.2) is 6.10 Å². The fourth-order valence-electron chi connectivity index (χ4n) is 3.72. The molecule has 1 aliphatic carbocycles. The minimum absolute atomic E-state index is 0.215. The van der Waals surface area contributed by atoms with E-state index in [0.29, 0.717) is 5.56 Å². The summed E-state index contributed by atoms with van der Waals surface area (Å²) in [6.07, 6.45) is 3.78. The lowest BCUT2D eigenvalue weighted by Gasteiger charge is -2.29. The molecule has 1 atom stereocenters. The zero-order valence-electron chi connectivity index (χ0n) is 18.6. The summed E-state index contributed by atoms with van der Waals surface area (Å²) in [6.45, 7) is 9.56. The van der Waals surface area contributed by atoms with Gasteiger partial charge in [-0.05, 0) is 64.3 Å². The van der Waals surface area contributed by atoms with Gasteiger partial charge < -0.3 is 9.47 Å². The SMILES string of the molecule is CCOC(=O)C(OC(C)(C)C)c1c(C)sc(-c2ccncc2)c1C1=CCC(F)(F)CC1. The van der Waals surface area contributed by atoms with Crippen molar-refractivity contribution in [2.45, 2.75) is 71.5 Å². The predicted octanol–water partition coefficient (Wildman–Crippen LogP) is 6.74.